The first-order chi connectivity index (χ1) is 12.6. The quantitative estimate of drug-likeness (QED) is 0.742. The van der Waals surface area contributed by atoms with Crippen LogP contribution in [0.2, 0.25) is 0 Å². The summed E-state index contributed by atoms with van der Waals surface area (Å²) in [7, 11) is 0. The van der Waals surface area contributed by atoms with E-state index in [1.807, 2.05) is 24.3 Å². The summed E-state index contributed by atoms with van der Waals surface area (Å²) in [6, 6.07) is 14.5. The van der Waals surface area contributed by atoms with Crippen LogP contribution in [0.4, 0.5) is 0 Å². The topological polar surface area (TPSA) is 84.0 Å². The van der Waals surface area contributed by atoms with Crippen LogP contribution in [0, 0.1) is 0 Å². The van der Waals surface area contributed by atoms with Crippen LogP contribution in [0.25, 0.3) is 10.8 Å². The molecule has 0 unspecified atom stereocenters. The molecule has 1 aromatic heterocycles. The lowest BCUT2D eigenvalue weighted by atomic mass is 10.0. The van der Waals surface area contributed by atoms with Gasteiger partial charge in [-0.15, -0.1) is 11.8 Å². The number of H-pyrrole nitrogens is 1. The molecule has 0 bridgehead atoms. The zero-order chi connectivity index (χ0) is 18.1. The Balaban J connectivity index is 1.58. The SMILES string of the molecule is O=C(Cn1[nH]c(=O)c2ccccc2c1=O)N[C@@H]1CCSc2ccccc21. The van der Waals surface area contributed by atoms with Crippen LogP contribution >= 0.6 is 11.8 Å². The minimum Gasteiger partial charge on any atom is -0.348 e. The van der Waals surface area contributed by atoms with Crippen molar-refractivity contribution in [2.24, 2.45) is 0 Å². The molecule has 0 aliphatic carbocycles. The monoisotopic (exact) mass is 367 g/mol. The summed E-state index contributed by atoms with van der Waals surface area (Å²) in [5.74, 6) is 0.624. The second-order valence-electron chi connectivity index (χ2n) is 6.17. The number of carbonyl (C=O) groups excluding carboxylic acids is 1. The van der Waals surface area contributed by atoms with Gasteiger partial charge in [0.1, 0.15) is 6.54 Å². The average molecular weight is 367 g/mol. The fourth-order valence-electron chi connectivity index (χ4n) is 3.23. The van der Waals surface area contributed by atoms with Crippen molar-refractivity contribution in [3.8, 4) is 0 Å². The van der Waals surface area contributed by atoms with Gasteiger partial charge >= 0.3 is 0 Å². The Morgan fingerprint density at radius 2 is 1.85 bits per heavy atom. The van der Waals surface area contributed by atoms with E-state index in [1.54, 1.807) is 36.0 Å². The van der Waals surface area contributed by atoms with Gasteiger partial charge in [-0.25, -0.2) is 4.68 Å². The van der Waals surface area contributed by atoms with Gasteiger partial charge in [0, 0.05) is 10.6 Å². The van der Waals surface area contributed by atoms with Crippen LogP contribution in [0.3, 0.4) is 0 Å². The van der Waals surface area contributed by atoms with E-state index in [9.17, 15) is 14.4 Å². The molecule has 0 radical (unpaired) electrons. The van der Waals surface area contributed by atoms with Gasteiger partial charge in [-0.05, 0) is 30.2 Å². The molecule has 0 saturated carbocycles. The van der Waals surface area contributed by atoms with Crippen molar-refractivity contribution >= 4 is 28.4 Å². The van der Waals surface area contributed by atoms with Gasteiger partial charge in [0.05, 0.1) is 16.8 Å². The van der Waals surface area contributed by atoms with Crippen LogP contribution in [-0.4, -0.2) is 21.4 Å². The maximum atomic E-state index is 12.5. The third-order valence-electron chi connectivity index (χ3n) is 4.48. The Hall–Kier alpha value is -2.80. The molecule has 0 spiro atoms. The molecule has 4 rings (SSSR count). The van der Waals surface area contributed by atoms with Crippen molar-refractivity contribution in [1.82, 2.24) is 15.1 Å². The molecular weight excluding hydrogens is 350 g/mol. The van der Waals surface area contributed by atoms with E-state index in [-0.39, 0.29) is 29.6 Å². The molecule has 1 amide bonds. The summed E-state index contributed by atoms with van der Waals surface area (Å²) in [6.45, 7) is -0.218. The summed E-state index contributed by atoms with van der Waals surface area (Å²) in [5, 5.41) is 6.11. The van der Waals surface area contributed by atoms with Crippen LogP contribution in [0.5, 0.6) is 0 Å². The minimum atomic E-state index is -0.382. The van der Waals surface area contributed by atoms with Crippen LogP contribution in [0.1, 0.15) is 18.0 Å². The van der Waals surface area contributed by atoms with E-state index in [4.69, 9.17) is 0 Å². The fraction of sp³-hybridized carbons (Fsp3) is 0.211. The highest BCUT2D eigenvalue weighted by atomic mass is 32.2. The van der Waals surface area contributed by atoms with E-state index in [0.717, 1.165) is 22.4 Å². The number of nitrogens with zero attached hydrogens (tertiary/aromatic N) is 1. The first-order valence-electron chi connectivity index (χ1n) is 8.36. The standard InChI is InChI=1S/C19H17N3O3S/c23-17(20-15-9-10-26-16-8-4-3-7-14(15)16)11-22-19(25)13-6-2-1-5-12(13)18(24)21-22/h1-8,15H,9-11H2,(H,20,23)(H,21,24)/t15-/m1/s1. The molecule has 0 fully saturated rings. The first kappa shape index (κ1) is 16.7. The van der Waals surface area contributed by atoms with Crippen LogP contribution in [0.15, 0.2) is 63.0 Å². The molecule has 26 heavy (non-hydrogen) atoms. The van der Waals surface area contributed by atoms with Crippen molar-refractivity contribution in [2.45, 2.75) is 23.9 Å². The number of fused-ring (bicyclic) bond motifs is 2. The van der Waals surface area contributed by atoms with Gasteiger partial charge in [0.25, 0.3) is 11.1 Å². The lowest BCUT2D eigenvalue weighted by Crippen LogP contribution is -2.38. The average Bonchev–Trinajstić information content (AvgIpc) is 2.66. The third kappa shape index (κ3) is 3.06. The van der Waals surface area contributed by atoms with Gasteiger partial charge in [-0.1, -0.05) is 30.3 Å². The third-order valence-corrected chi connectivity index (χ3v) is 5.60. The number of hydrogen-bond donors (Lipinski definition) is 2. The first-order valence-corrected chi connectivity index (χ1v) is 9.35. The number of aromatic amines is 1. The van der Waals surface area contributed by atoms with Crippen LogP contribution < -0.4 is 16.4 Å². The molecule has 6 nitrogen and oxygen atoms in total. The van der Waals surface area contributed by atoms with E-state index in [0.29, 0.717) is 10.8 Å². The second-order valence-corrected chi connectivity index (χ2v) is 7.31. The maximum Gasteiger partial charge on any atom is 0.273 e. The number of aromatic nitrogens is 2. The summed E-state index contributed by atoms with van der Waals surface area (Å²) in [6.07, 6.45) is 0.830. The molecule has 7 heteroatoms. The molecule has 3 aromatic rings. The fourth-order valence-corrected chi connectivity index (χ4v) is 4.36. The lowest BCUT2D eigenvalue weighted by Gasteiger charge is -2.26. The summed E-state index contributed by atoms with van der Waals surface area (Å²) < 4.78 is 1.07. The zero-order valence-corrected chi connectivity index (χ0v) is 14.7. The molecular formula is C19H17N3O3S. The van der Waals surface area contributed by atoms with Crippen molar-refractivity contribution < 1.29 is 4.79 Å². The number of amides is 1. The smallest absolute Gasteiger partial charge is 0.273 e. The highest BCUT2D eigenvalue weighted by Gasteiger charge is 2.22. The van der Waals surface area contributed by atoms with E-state index >= 15 is 0 Å². The highest BCUT2D eigenvalue weighted by molar-refractivity contribution is 7.99. The normalized spacial score (nSPS) is 16.2. The Morgan fingerprint density at radius 3 is 2.69 bits per heavy atom. The number of nitrogens with one attached hydrogen (secondary N) is 2. The Kier molecular flexibility index (Phi) is 4.38. The summed E-state index contributed by atoms with van der Waals surface area (Å²) in [4.78, 5) is 38.3. The Bertz CT molecular complexity index is 1100. The molecule has 2 heterocycles. The number of rotatable bonds is 3. The predicted octanol–water partition coefficient (Wildman–Crippen LogP) is 2.04. The van der Waals surface area contributed by atoms with E-state index in [1.165, 1.54) is 4.90 Å². The van der Waals surface area contributed by atoms with E-state index in [2.05, 4.69) is 10.4 Å². The molecule has 132 valence electrons. The zero-order valence-electron chi connectivity index (χ0n) is 13.9. The number of thioether (sulfide) groups is 1. The molecule has 1 aliphatic rings. The lowest BCUT2D eigenvalue weighted by molar-refractivity contribution is -0.122. The highest BCUT2D eigenvalue weighted by Crippen LogP contribution is 2.35. The molecule has 1 atom stereocenters. The Morgan fingerprint density at radius 1 is 1.12 bits per heavy atom. The van der Waals surface area contributed by atoms with Crippen molar-refractivity contribution in [2.75, 3.05) is 5.75 Å². The summed E-state index contributed by atoms with van der Waals surface area (Å²) >= 11 is 1.78. The van der Waals surface area contributed by atoms with Crippen molar-refractivity contribution in [3.05, 3.63) is 74.8 Å². The molecule has 2 N–H and O–H groups in total. The number of carbonyl (C=O) groups is 1. The molecule has 0 saturated heterocycles. The molecule has 1 aliphatic heterocycles. The van der Waals surface area contributed by atoms with Gasteiger partial charge in [0.2, 0.25) is 5.91 Å². The van der Waals surface area contributed by atoms with E-state index < -0.39 is 0 Å². The second kappa shape index (κ2) is 6.84. The van der Waals surface area contributed by atoms with Crippen molar-refractivity contribution in [3.63, 3.8) is 0 Å². The molecule has 2 aromatic carbocycles. The van der Waals surface area contributed by atoms with Crippen molar-refractivity contribution in [1.29, 1.82) is 0 Å². The minimum absolute atomic E-state index is 0.0807. The van der Waals surface area contributed by atoms with Gasteiger partial charge in [-0.2, -0.15) is 0 Å². The number of benzene rings is 2. The van der Waals surface area contributed by atoms with Gasteiger partial charge < -0.3 is 5.32 Å². The maximum absolute atomic E-state index is 12.5. The van der Waals surface area contributed by atoms with Gasteiger partial charge in [0.15, 0.2) is 0 Å². The largest absolute Gasteiger partial charge is 0.348 e. The Labute approximate surface area is 153 Å². The number of hydrogen-bond acceptors (Lipinski definition) is 4. The summed E-state index contributed by atoms with van der Waals surface area (Å²) in [5.41, 5.74) is 0.332. The van der Waals surface area contributed by atoms with Gasteiger partial charge in [-0.3, -0.25) is 19.5 Å². The van der Waals surface area contributed by atoms with Crippen LogP contribution in [-0.2, 0) is 11.3 Å². The predicted molar refractivity (Wildman–Crippen MR) is 101 cm³/mol.